The van der Waals surface area contributed by atoms with Gasteiger partial charge in [-0.15, -0.1) is 0 Å². The van der Waals surface area contributed by atoms with Crippen LogP contribution in [0.4, 0.5) is 0 Å². The quantitative estimate of drug-likeness (QED) is 0.878. The fourth-order valence-corrected chi connectivity index (χ4v) is 2.59. The Hall–Kier alpha value is -1.40. The molecule has 0 radical (unpaired) electrons. The van der Waals surface area contributed by atoms with Gasteiger partial charge in [-0.3, -0.25) is 4.79 Å². The van der Waals surface area contributed by atoms with Gasteiger partial charge in [-0.25, -0.2) is 4.79 Å². The molecular weight excluding hydrogens is 302 g/mol. The van der Waals surface area contributed by atoms with Crippen molar-refractivity contribution < 1.29 is 19.8 Å². The number of amides is 1. The first-order chi connectivity index (χ1) is 8.50. The topological polar surface area (TPSA) is 77.8 Å². The number of hydrogen-bond acceptors (Lipinski definition) is 3. The number of aliphatic carboxylic acids is 1. The number of nitrogens with zero attached hydrogens (tertiary/aromatic N) is 1. The number of β-amino-alcohol motifs (C(OH)–C–C–N with tert-alkyl or cyclic N) is 1. The van der Waals surface area contributed by atoms with E-state index in [9.17, 15) is 19.8 Å². The van der Waals surface area contributed by atoms with Crippen LogP contribution in [-0.4, -0.2) is 39.6 Å². The fourth-order valence-electron chi connectivity index (χ4n) is 2.09. The summed E-state index contributed by atoms with van der Waals surface area (Å²) in [4.78, 5) is 24.3. The lowest BCUT2D eigenvalue weighted by Crippen LogP contribution is -2.36. The molecule has 0 bridgehead atoms. The Morgan fingerprint density at radius 3 is 2.61 bits per heavy atom. The molecule has 6 heteroatoms. The largest absolute Gasteiger partial charge is 0.479 e. The van der Waals surface area contributed by atoms with Gasteiger partial charge in [0.1, 0.15) is 0 Å². The predicted molar refractivity (Wildman–Crippen MR) is 66.9 cm³/mol. The van der Waals surface area contributed by atoms with Crippen molar-refractivity contribution in [2.24, 2.45) is 0 Å². The van der Waals surface area contributed by atoms with Crippen molar-refractivity contribution in [2.45, 2.75) is 18.6 Å². The number of carboxylic acid groups (broad SMARTS) is 1. The molecule has 18 heavy (non-hydrogen) atoms. The second-order valence-corrected chi connectivity index (χ2v) is 5.02. The molecule has 96 valence electrons. The van der Waals surface area contributed by atoms with Crippen LogP contribution in [0.1, 0.15) is 18.0 Å². The predicted octanol–water partition coefficient (Wildman–Crippen LogP) is 1.17. The lowest BCUT2D eigenvalue weighted by molar-refractivity contribution is -0.148. The Morgan fingerprint density at radius 2 is 2.11 bits per heavy atom. The van der Waals surface area contributed by atoms with E-state index in [0.717, 1.165) is 0 Å². The Morgan fingerprint density at radius 1 is 1.44 bits per heavy atom. The van der Waals surface area contributed by atoms with Crippen LogP contribution in [0.3, 0.4) is 0 Å². The van der Waals surface area contributed by atoms with Gasteiger partial charge in [0.2, 0.25) is 5.91 Å². The third kappa shape index (κ3) is 2.39. The number of rotatable bonds is 3. The average Bonchev–Trinajstić information content (AvgIpc) is 2.61. The van der Waals surface area contributed by atoms with Gasteiger partial charge in [0, 0.05) is 16.6 Å². The summed E-state index contributed by atoms with van der Waals surface area (Å²) in [7, 11) is 0. The number of carbonyl (C=O) groups is 2. The molecule has 1 aliphatic heterocycles. The summed E-state index contributed by atoms with van der Waals surface area (Å²) in [5.74, 6) is -1.45. The summed E-state index contributed by atoms with van der Waals surface area (Å²) >= 11 is 3.28. The normalized spacial score (nSPS) is 21.1. The van der Waals surface area contributed by atoms with Crippen LogP contribution in [0.5, 0.6) is 0 Å². The van der Waals surface area contributed by atoms with Gasteiger partial charge in [-0.05, 0) is 6.07 Å². The van der Waals surface area contributed by atoms with E-state index in [2.05, 4.69) is 15.9 Å². The lowest BCUT2D eigenvalue weighted by atomic mass is 10.1. The molecule has 2 atom stereocenters. The highest BCUT2D eigenvalue weighted by molar-refractivity contribution is 9.10. The zero-order chi connectivity index (χ0) is 13.3. The molecule has 1 saturated heterocycles. The number of carbonyl (C=O) groups excluding carboxylic acids is 1. The smallest absolute Gasteiger partial charge is 0.331 e. The summed E-state index contributed by atoms with van der Waals surface area (Å²) < 4.78 is 0.631. The van der Waals surface area contributed by atoms with E-state index in [1.54, 1.807) is 24.3 Å². The van der Waals surface area contributed by atoms with E-state index in [1.807, 2.05) is 0 Å². The second-order valence-electron chi connectivity index (χ2n) is 4.17. The number of aliphatic hydroxyl groups excluding tert-OH is 1. The molecular formula is C12H12BrNO4. The van der Waals surface area contributed by atoms with E-state index in [1.165, 1.54) is 4.90 Å². The number of likely N-dealkylation sites (tertiary alicyclic amines) is 1. The molecule has 0 saturated carbocycles. The molecule has 2 N–H and O–H groups in total. The van der Waals surface area contributed by atoms with E-state index >= 15 is 0 Å². The van der Waals surface area contributed by atoms with Crippen LogP contribution in [-0.2, 0) is 9.59 Å². The fraction of sp³-hybridized carbons (Fsp3) is 0.333. The number of hydrogen-bond donors (Lipinski definition) is 2. The minimum Gasteiger partial charge on any atom is -0.479 e. The van der Waals surface area contributed by atoms with Crippen LogP contribution < -0.4 is 0 Å². The number of halogens is 1. The van der Waals surface area contributed by atoms with Gasteiger partial charge < -0.3 is 15.1 Å². The highest BCUT2D eigenvalue weighted by atomic mass is 79.9. The molecule has 2 rings (SSSR count). The van der Waals surface area contributed by atoms with E-state index in [4.69, 9.17) is 0 Å². The van der Waals surface area contributed by atoms with E-state index < -0.39 is 18.1 Å². The van der Waals surface area contributed by atoms with Crippen LogP contribution in [0, 0.1) is 0 Å². The van der Waals surface area contributed by atoms with Gasteiger partial charge in [-0.1, -0.05) is 34.1 Å². The van der Waals surface area contributed by atoms with Gasteiger partial charge in [0.15, 0.2) is 6.04 Å². The second kappa shape index (κ2) is 5.07. The van der Waals surface area contributed by atoms with Crippen LogP contribution in [0.2, 0.25) is 0 Å². The Balaban J connectivity index is 2.38. The summed E-state index contributed by atoms with van der Waals surface area (Å²) in [6.45, 7) is 0.0527. The van der Waals surface area contributed by atoms with E-state index in [0.29, 0.717) is 10.0 Å². The van der Waals surface area contributed by atoms with Crippen molar-refractivity contribution in [3.05, 3.63) is 34.3 Å². The maximum Gasteiger partial charge on any atom is 0.331 e. The first kappa shape index (κ1) is 13.0. The minimum absolute atomic E-state index is 0.0196. The van der Waals surface area contributed by atoms with Gasteiger partial charge in [0.05, 0.1) is 12.5 Å². The average molecular weight is 314 g/mol. The third-order valence-electron chi connectivity index (χ3n) is 2.88. The van der Waals surface area contributed by atoms with Crippen molar-refractivity contribution in [1.29, 1.82) is 0 Å². The Kier molecular flexibility index (Phi) is 3.68. The molecule has 1 fully saturated rings. The molecule has 0 aliphatic carbocycles. The molecule has 0 spiro atoms. The number of carboxylic acids is 1. The molecule has 2 unspecified atom stereocenters. The number of benzene rings is 1. The summed E-state index contributed by atoms with van der Waals surface area (Å²) in [6.07, 6.45) is -0.810. The third-order valence-corrected chi connectivity index (χ3v) is 3.61. The number of aliphatic hydroxyl groups is 1. The molecule has 1 aromatic rings. The molecule has 5 nitrogen and oxygen atoms in total. The first-order valence-corrected chi connectivity index (χ1v) is 6.24. The lowest BCUT2D eigenvalue weighted by Gasteiger charge is -2.25. The molecule has 1 aromatic carbocycles. The minimum atomic E-state index is -1.11. The SMILES string of the molecule is O=C(O)C(c1ccccc1Br)N1CC(O)CC1=O. The summed E-state index contributed by atoms with van der Waals surface area (Å²) in [5.41, 5.74) is 0.507. The van der Waals surface area contributed by atoms with Gasteiger partial charge in [-0.2, -0.15) is 0 Å². The van der Waals surface area contributed by atoms with Crippen LogP contribution >= 0.6 is 15.9 Å². The van der Waals surface area contributed by atoms with Crippen molar-refractivity contribution in [1.82, 2.24) is 4.90 Å². The van der Waals surface area contributed by atoms with Crippen molar-refractivity contribution in [2.75, 3.05) is 6.54 Å². The van der Waals surface area contributed by atoms with Gasteiger partial charge >= 0.3 is 5.97 Å². The molecule has 1 aliphatic rings. The molecule has 1 amide bonds. The summed E-state index contributed by atoms with van der Waals surface area (Å²) in [6, 6.07) is 5.80. The highest BCUT2D eigenvalue weighted by Gasteiger charge is 2.38. The van der Waals surface area contributed by atoms with Crippen molar-refractivity contribution >= 4 is 27.8 Å². The Bertz CT molecular complexity index is 491. The van der Waals surface area contributed by atoms with Crippen molar-refractivity contribution in [3.63, 3.8) is 0 Å². The van der Waals surface area contributed by atoms with Crippen LogP contribution in [0.25, 0.3) is 0 Å². The monoisotopic (exact) mass is 313 g/mol. The zero-order valence-electron chi connectivity index (χ0n) is 9.41. The van der Waals surface area contributed by atoms with Crippen LogP contribution in [0.15, 0.2) is 28.7 Å². The van der Waals surface area contributed by atoms with Crippen molar-refractivity contribution in [3.8, 4) is 0 Å². The zero-order valence-corrected chi connectivity index (χ0v) is 11.0. The Labute approximate surface area is 112 Å². The maximum absolute atomic E-state index is 11.7. The highest BCUT2D eigenvalue weighted by Crippen LogP contribution is 2.31. The first-order valence-electron chi connectivity index (χ1n) is 5.45. The maximum atomic E-state index is 11.7. The van der Waals surface area contributed by atoms with E-state index in [-0.39, 0.29) is 18.9 Å². The standard InChI is InChI=1S/C12H12BrNO4/c13-9-4-2-1-3-8(9)11(12(17)18)14-6-7(15)5-10(14)16/h1-4,7,11,15H,5-6H2,(H,17,18). The van der Waals surface area contributed by atoms with Gasteiger partial charge in [0.25, 0.3) is 0 Å². The molecule has 0 aromatic heterocycles. The summed E-state index contributed by atoms with van der Waals surface area (Å²) in [5, 5.41) is 18.8. The molecule has 1 heterocycles.